The predicted molar refractivity (Wildman–Crippen MR) is 117 cm³/mol. The molecule has 2 heterocycles. The van der Waals surface area contributed by atoms with E-state index in [1.165, 1.54) is 24.3 Å². The van der Waals surface area contributed by atoms with E-state index < -0.39 is 4.92 Å². The van der Waals surface area contributed by atoms with Crippen LogP contribution >= 0.6 is 11.6 Å². The summed E-state index contributed by atoms with van der Waals surface area (Å²) in [6.45, 7) is 1.73. The first-order chi connectivity index (χ1) is 14.9. The quantitative estimate of drug-likeness (QED) is 0.305. The Labute approximate surface area is 182 Å². The van der Waals surface area contributed by atoms with Crippen LogP contribution in [0.5, 0.6) is 5.75 Å². The van der Waals surface area contributed by atoms with Gasteiger partial charge in [0.1, 0.15) is 11.5 Å². The molecule has 0 fully saturated rings. The Morgan fingerprint density at radius 1 is 1.19 bits per heavy atom. The highest BCUT2D eigenvalue weighted by Gasteiger charge is 2.29. The van der Waals surface area contributed by atoms with Gasteiger partial charge in [0.25, 0.3) is 5.91 Å². The maximum atomic E-state index is 12.9. The molecule has 0 N–H and O–H groups in total. The van der Waals surface area contributed by atoms with Crippen LogP contribution in [-0.2, 0) is 4.79 Å². The van der Waals surface area contributed by atoms with E-state index in [2.05, 4.69) is 5.10 Å². The van der Waals surface area contributed by atoms with Crippen molar-refractivity contribution in [1.29, 1.82) is 0 Å². The molecule has 0 saturated heterocycles. The Morgan fingerprint density at radius 3 is 2.71 bits per heavy atom. The number of hydrogen-bond acceptors (Lipinski definition) is 6. The minimum Gasteiger partial charge on any atom is -0.490 e. The zero-order chi connectivity index (χ0) is 22.1. The lowest BCUT2D eigenvalue weighted by atomic mass is 10.1. The van der Waals surface area contributed by atoms with Gasteiger partial charge in [-0.25, -0.2) is 0 Å². The first kappa shape index (κ1) is 20.4. The van der Waals surface area contributed by atoms with E-state index in [-0.39, 0.29) is 17.3 Å². The van der Waals surface area contributed by atoms with Crippen LogP contribution in [0, 0.1) is 10.1 Å². The molecule has 1 amide bonds. The second kappa shape index (κ2) is 8.08. The largest absolute Gasteiger partial charge is 0.490 e. The number of carbonyl (C=O) groups is 1. The van der Waals surface area contributed by atoms with Gasteiger partial charge in [-0.05, 0) is 55.5 Å². The number of nitrogens with zero attached hydrogens (tertiary/aromatic N) is 3. The topological polar surface area (TPSA) is 98.2 Å². The number of hydrogen-bond donors (Lipinski definition) is 0. The van der Waals surface area contributed by atoms with Crippen LogP contribution in [-0.4, -0.2) is 23.7 Å². The van der Waals surface area contributed by atoms with Gasteiger partial charge in [-0.3, -0.25) is 14.9 Å². The molecule has 1 aliphatic heterocycles. The molecule has 0 bridgehead atoms. The fraction of sp³-hybridized carbons (Fsp3) is 0.0909. The first-order valence-electron chi connectivity index (χ1n) is 9.17. The summed E-state index contributed by atoms with van der Waals surface area (Å²) in [6, 6.07) is 14.8. The number of hydrazone groups is 1. The normalized spacial score (nSPS) is 14.8. The van der Waals surface area contributed by atoms with Gasteiger partial charge in [0.2, 0.25) is 0 Å². The average molecular weight is 438 g/mol. The Bertz CT molecular complexity index is 1260. The van der Waals surface area contributed by atoms with Crippen molar-refractivity contribution in [2.24, 2.45) is 5.10 Å². The summed E-state index contributed by atoms with van der Waals surface area (Å²) in [5, 5.41) is 17.4. The molecule has 0 radical (unpaired) electrons. The number of methoxy groups -OCH3 is 1. The van der Waals surface area contributed by atoms with Crippen molar-refractivity contribution in [3.8, 4) is 17.1 Å². The molecule has 0 saturated carbocycles. The summed E-state index contributed by atoms with van der Waals surface area (Å²) in [4.78, 5) is 23.6. The van der Waals surface area contributed by atoms with Crippen molar-refractivity contribution in [1.82, 2.24) is 0 Å². The SMILES string of the molecule is COc1ccc(-c2ccc(/C=C3\C(=O)N(c4cccc(Cl)c4)N=C3C)o2)cc1[N+](=O)[O-]. The van der Waals surface area contributed by atoms with Gasteiger partial charge < -0.3 is 9.15 Å². The van der Waals surface area contributed by atoms with E-state index in [4.69, 9.17) is 20.8 Å². The molecule has 8 nitrogen and oxygen atoms in total. The number of benzene rings is 2. The van der Waals surface area contributed by atoms with Crippen LogP contribution in [0.2, 0.25) is 5.02 Å². The lowest BCUT2D eigenvalue weighted by molar-refractivity contribution is -0.385. The molecular weight excluding hydrogens is 422 g/mol. The van der Waals surface area contributed by atoms with Crippen LogP contribution < -0.4 is 9.75 Å². The lowest BCUT2D eigenvalue weighted by Gasteiger charge is -2.11. The van der Waals surface area contributed by atoms with Gasteiger partial charge in [-0.2, -0.15) is 10.1 Å². The van der Waals surface area contributed by atoms with Gasteiger partial charge in [0, 0.05) is 16.7 Å². The summed E-state index contributed by atoms with van der Waals surface area (Å²) in [7, 11) is 1.37. The number of anilines is 1. The zero-order valence-corrected chi connectivity index (χ0v) is 17.3. The van der Waals surface area contributed by atoms with Crippen molar-refractivity contribution in [3.05, 3.63) is 81.1 Å². The second-order valence-corrected chi connectivity index (χ2v) is 7.12. The number of carbonyl (C=O) groups excluding carboxylic acids is 1. The molecule has 156 valence electrons. The van der Waals surface area contributed by atoms with Gasteiger partial charge in [0.15, 0.2) is 5.75 Å². The number of nitro groups is 1. The minimum atomic E-state index is -0.518. The van der Waals surface area contributed by atoms with Crippen LogP contribution in [0.25, 0.3) is 17.4 Å². The maximum absolute atomic E-state index is 12.9. The fourth-order valence-electron chi connectivity index (χ4n) is 3.18. The second-order valence-electron chi connectivity index (χ2n) is 6.69. The van der Waals surface area contributed by atoms with E-state index in [9.17, 15) is 14.9 Å². The highest BCUT2D eigenvalue weighted by atomic mass is 35.5. The molecule has 31 heavy (non-hydrogen) atoms. The summed E-state index contributed by atoms with van der Waals surface area (Å²) in [5.74, 6) is 0.689. The summed E-state index contributed by atoms with van der Waals surface area (Å²) in [5.41, 5.74) is 1.82. The molecule has 0 atom stereocenters. The number of furan rings is 1. The standard InChI is InChI=1S/C22H16ClN3O5/c1-13-18(22(27)25(24-13)16-5-3-4-15(23)11-16)12-17-7-9-20(31-17)14-6-8-21(30-2)19(10-14)26(28)29/h3-12H,1-2H3/b18-12-. The first-order valence-corrected chi connectivity index (χ1v) is 9.55. The zero-order valence-electron chi connectivity index (χ0n) is 16.5. The molecule has 0 unspecified atom stereocenters. The average Bonchev–Trinajstić information content (AvgIpc) is 3.33. The summed E-state index contributed by atoms with van der Waals surface area (Å²) in [6.07, 6.45) is 1.59. The highest BCUT2D eigenvalue weighted by Crippen LogP contribution is 2.33. The molecule has 0 spiro atoms. The Kier molecular flexibility index (Phi) is 5.31. The number of nitro benzene ring substituents is 1. The number of amides is 1. The van der Waals surface area contributed by atoms with Crippen LogP contribution in [0.4, 0.5) is 11.4 Å². The van der Waals surface area contributed by atoms with Crippen molar-refractivity contribution in [2.75, 3.05) is 12.1 Å². The maximum Gasteiger partial charge on any atom is 0.311 e. The predicted octanol–water partition coefficient (Wildman–Crippen LogP) is 5.32. The Balaban J connectivity index is 1.63. The van der Waals surface area contributed by atoms with Gasteiger partial charge >= 0.3 is 5.69 Å². The fourth-order valence-corrected chi connectivity index (χ4v) is 3.37. The third-order valence-electron chi connectivity index (χ3n) is 4.69. The van der Waals surface area contributed by atoms with Gasteiger partial charge in [-0.15, -0.1) is 0 Å². The smallest absolute Gasteiger partial charge is 0.311 e. The van der Waals surface area contributed by atoms with Crippen LogP contribution in [0.1, 0.15) is 12.7 Å². The van der Waals surface area contributed by atoms with Gasteiger partial charge in [0.05, 0.1) is 29.0 Å². The van der Waals surface area contributed by atoms with Crippen molar-refractivity contribution in [2.45, 2.75) is 6.92 Å². The Morgan fingerprint density at radius 2 is 2.00 bits per heavy atom. The summed E-state index contributed by atoms with van der Waals surface area (Å²) < 4.78 is 10.8. The third kappa shape index (κ3) is 3.93. The van der Waals surface area contributed by atoms with Gasteiger partial charge in [-0.1, -0.05) is 17.7 Å². The minimum absolute atomic E-state index is 0.159. The van der Waals surface area contributed by atoms with E-state index in [0.29, 0.717) is 39.1 Å². The molecule has 2 aromatic carbocycles. The van der Waals surface area contributed by atoms with Crippen molar-refractivity contribution >= 4 is 40.7 Å². The Hall–Kier alpha value is -3.91. The summed E-state index contributed by atoms with van der Waals surface area (Å²) >= 11 is 6.02. The van der Waals surface area contributed by atoms with Crippen molar-refractivity contribution < 1.29 is 18.9 Å². The molecule has 1 aromatic heterocycles. The van der Waals surface area contributed by atoms with Crippen LogP contribution in [0.15, 0.2) is 69.7 Å². The van der Waals surface area contributed by atoms with E-state index in [1.807, 2.05) is 0 Å². The number of halogens is 1. The molecule has 1 aliphatic rings. The molecule has 9 heteroatoms. The molecule has 4 rings (SSSR count). The third-order valence-corrected chi connectivity index (χ3v) is 4.92. The van der Waals surface area contributed by atoms with E-state index in [0.717, 1.165) is 0 Å². The van der Waals surface area contributed by atoms with E-state index >= 15 is 0 Å². The molecular formula is C22H16ClN3O5. The van der Waals surface area contributed by atoms with Crippen molar-refractivity contribution in [3.63, 3.8) is 0 Å². The highest BCUT2D eigenvalue weighted by molar-refractivity contribution is 6.33. The molecule has 3 aromatic rings. The lowest BCUT2D eigenvalue weighted by Crippen LogP contribution is -2.21. The van der Waals surface area contributed by atoms with Crippen LogP contribution in [0.3, 0.4) is 0 Å². The molecule has 0 aliphatic carbocycles. The number of ether oxygens (including phenoxy) is 1. The van der Waals surface area contributed by atoms with E-state index in [1.54, 1.807) is 55.5 Å². The number of rotatable bonds is 5. The monoisotopic (exact) mass is 437 g/mol.